The van der Waals surface area contributed by atoms with Gasteiger partial charge in [-0.3, -0.25) is 10.1 Å². The highest BCUT2D eigenvalue weighted by atomic mass is 16.6. The molecule has 0 atom stereocenters. The molecule has 0 radical (unpaired) electrons. The van der Waals surface area contributed by atoms with E-state index in [0.29, 0.717) is 11.3 Å². The molecule has 10 heteroatoms. The van der Waals surface area contributed by atoms with Gasteiger partial charge in [0, 0.05) is 12.1 Å². The lowest BCUT2D eigenvalue weighted by molar-refractivity contribution is -0.384. The average Bonchev–Trinajstić information content (AvgIpc) is 3.20. The van der Waals surface area contributed by atoms with Gasteiger partial charge in [0.05, 0.1) is 23.8 Å². The Morgan fingerprint density at radius 3 is 2.67 bits per heavy atom. The molecule has 3 aromatic rings. The van der Waals surface area contributed by atoms with Gasteiger partial charge in [-0.2, -0.15) is 5.10 Å². The molecule has 0 aliphatic heterocycles. The second kappa shape index (κ2) is 7.87. The fourth-order valence-corrected chi connectivity index (χ4v) is 2.14. The fraction of sp³-hybridized carbons (Fsp3) is 0.0588. The third-order valence-corrected chi connectivity index (χ3v) is 3.43. The first-order valence-corrected chi connectivity index (χ1v) is 7.60. The zero-order valence-electron chi connectivity index (χ0n) is 14.1. The van der Waals surface area contributed by atoms with E-state index in [1.54, 1.807) is 24.4 Å². The van der Waals surface area contributed by atoms with E-state index in [4.69, 9.17) is 9.47 Å². The number of nitro groups is 1. The molecule has 0 bridgehead atoms. The molecule has 1 heterocycles. The second-order valence-electron chi connectivity index (χ2n) is 5.19. The number of carbonyl (C=O) groups excluding carboxylic acids is 1. The molecule has 0 saturated heterocycles. The minimum absolute atomic E-state index is 0.0597. The van der Waals surface area contributed by atoms with E-state index in [1.807, 2.05) is 0 Å². The van der Waals surface area contributed by atoms with Crippen molar-refractivity contribution in [3.05, 3.63) is 76.4 Å². The fourth-order valence-electron chi connectivity index (χ4n) is 2.14. The normalized spacial score (nSPS) is 10.7. The van der Waals surface area contributed by atoms with Crippen LogP contribution in [0.2, 0.25) is 0 Å². The lowest BCUT2D eigenvalue weighted by Crippen LogP contribution is -2.09. The molecule has 0 amide bonds. The van der Waals surface area contributed by atoms with Gasteiger partial charge in [-0.1, -0.05) is 6.07 Å². The van der Waals surface area contributed by atoms with Crippen molar-refractivity contribution in [2.24, 2.45) is 5.10 Å². The highest BCUT2D eigenvalue weighted by Gasteiger charge is 2.15. The molecule has 2 aromatic carbocycles. The molecule has 10 nitrogen and oxygen atoms in total. The van der Waals surface area contributed by atoms with E-state index in [-0.39, 0.29) is 17.0 Å². The zero-order valence-corrected chi connectivity index (χ0v) is 14.1. The topological polar surface area (TPSA) is 122 Å². The van der Waals surface area contributed by atoms with Crippen LogP contribution in [-0.4, -0.2) is 39.1 Å². The molecule has 0 unspecified atom stereocenters. The predicted octanol–water partition coefficient (Wildman–Crippen LogP) is 2.30. The van der Waals surface area contributed by atoms with Gasteiger partial charge < -0.3 is 9.47 Å². The van der Waals surface area contributed by atoms with Crippen LogP contribution in [0.5, 0.6) is 11.5 Å². The number of benzene rings is 2. The lowest BCUT2D eigenvalue weighted by atomic mass is 10.2. The van der Waals surface area contributed by atoms with Crippen LogP contribution in [0, 0.1) is 10.1 Å². The van der Waals surface area contributed by atoms with Gasteiger partial charge in [0.25, 0.3) is 5.69 Å². The molecule has 0 aliphatic carbocycles. The van der Waals surface area contributed by atoms with E-state index in [0.717, 1.165) is 6.07 Å². The number of aromatic nitrogens is 3. The number of ether oxygens (including phenoxy) is 2. The molecule has 0 N–H and O–H groups in total. The maximum absolute atomic E-state index is 12.3. The Labute approximate surface area is 152 Å². The third kappa shape index (κ3) is 4.31. The van der Waals surface area contributed by atoms with Crippen LogP contribution >= 0.6 is 0 Å². The highest BCUT2D eigenvalue weighted by Crippen LogP contribution is 2.28. The average molecular weight is 367 g/mol. The van der Waals surface area contributed by atoms with Crippen LogP contribution < -0.4 is 9.47 Å². The summed E-state index contributed by atoms with van der Waals surface area (Å²) in [5, 5.41) is 22.2. The van der Waals surface area contributed by atoms with Gasteiger partial charge in [0.2, 0.25) is 0 Å². The molecule has 0 fully saturated rings. The van der Waals surface area contributed by atoms with Crippen molar-refractivity contribution in [3.8, 4) is 11.5 Å². The number of hydrogen-bond donors (Lipinski definition) is 0. The first-order chi connectivity index (χ1) is 13.1. The van der Waals surface area contributed by atoms with Gasteiger partial charge >= 0.3 is 5.97 Å². The molecular weight excluding hydrogens is 354 g/mol. The number of nitro benzene ring substituents is 1. The molecule has 27 heavy (non-hydrogen) atoms. The Kier molecular flexibility index (Phi) is 5.17. The minimum atomic E-state index is -0.733. The Morgan fingerprint density at radius 1 is 1.19 bits per heavy atom. The van der Waals surface area contributed by atoms with Crippen molar-refractivity contribution in [2.75, 3.05) is 7.11 Å². The molecule has 1 aromatic heterocycles. The van der Waals surface area contributed by atoms with Crippen LogP contribution in [0.1, 0.15) is 15.9 Å². The summed E-state index contributed by atoms with van der Waals surface area (Å²) in [6.45, 7) is 0. The summed E-state index contributed by atoms with van der Waals surface area (Å²) in [6.07, 6.45) is 4.42. The first-order valence-electron chi connectivity index (χ1n) is 7.60. The maximum Gasteiger partial charge on any atom is 0.343 e. The Balaban J connectivity index is 1.79. The summed E-state index contributed by atoms with van der Waals surface area (Å²) in [5.74, 6) is -0.250. The molecule has 136 valence electrons. The molecule has 0 aliphatic rings. The van der Waals surface area contributed by atoms with Crippen molar-refractivity contribution < 1.29 is 19.2 Å². The summed E-state index contributed by atoms with van der Waals surface area (Å²) in [4.78, 5) is 22.5. The van der Waals surface area contributed by atoms with Crippen molar-refractivity contribution in [3.63, 3.8) is 0 Å². The Hall–Kier alpha value is -4.08. The zero-order chi connectivity index (χ0) is 19.2. The molecule has 0 spiro atoms. The molecule has 0 saturated carbocycles. The van der Waals surface area contributed by atoms with E-state index >= 15 is 0 Å². The van der Waals surface area contributed by atoms with Crippen molar-refractivity contribution in [2.45, 2.75) is 0 Å². The summed E-state index contributed by atoms with van der Waals surface area (Å²) in [5.41, 5.74) is 0.553. The maximum atomic E-state index is 12.3. The van der Waals surface area contributed by atoms with Crippen molar-refractivity contribution in [1.82, 2.24) is 14.9 Å². The number of non-ortho nitro benzene ring substituents is 1. The summed E-state index contributed by atoms with van der Waals surface area (Å²) < 4.78 is 12.0. The number of nitrogens with zero attached hydrogens (tertiary/aromatic N) is 5. The third-order valence-electron chi connectivity index (χ3n) is 3.43. The van der Waals surface area contributed by atoms with E-state index in [1.165, 1.54) is 42.6 Å². The SMILES string of the molecule is COc1cc(/C=N/n2cnnc2)ccc1OC(=O)c1cccc([N+](=O)[O-])c1. The summed E-state index contributed by atoms with van der Waals surface area (Å²) >= 11 is 0. The first kappa shape index (κ1) is 17.7. The van der Waals surface area contributed by atoms with Gasteiger partial charge in [0.1, 0.15) is 12.7 Å². The molecule has 3 rings (SSSR count). The van der Waals surface area contributed by atoms with Crippen LogP contribution in [0.15, 0.2) is 60.2 Å². The summed E-state index contributed by atoms with van der Waals surface area (Å²) in [6, 6.07) is 10.1. The Morgan fingerprint density at radius 2 is 1.96 bits per heavy atom. The van der Waals surface area contributed by atoms with Crippen LogP contribution in [-0.2, 0) is 0 Å². The van der Waals surface area contributed by atoms with E-state index < -0.39 is 10.9 Å². The molecular formula is C17H13N5O5. The Bertz CT molecular complexity index is 1000. The number of methoxy groups -OCH3 is 1. The lowest BCUT2D eigenvalue weighted by Gasteiger charge is -2.10. The smallest absolute Gasteiger partial charge is 0.343 e. The van der Waals surface area contributed by atoms with Gasteiger partial charge in [0.15, 0.2) is 11.5 Å². The quantitative estimate of drug-likeness (QED) is 0.215. The standard InChI is InChI=1S/C17H13N5O5/c1-26-16-7-12(9-20-21-10-18-19-11-21)5-6-15(16)27-17(23)13-3-2-4-14(8-13)22(24)25/h2-11H,1H3/b20-9+. The number of rotatable bonds is 6. The minimum Gasteiger partial charge on any atom is -0.493 e. The number of carbonyl (C=O) groups is 1. The summed E-state index contributed by atoms with van der Waals surface area (Å²) in [7, 11) is 1.43. The van der Waals surface area contributed by atoms with E-state index in [9.17, 15) is 14.9 Å². The number of hydrogen-bond acceptors (Lipinski definition) is 8. The predicted molar refractivity (Wildman–Crippen MR) is 94.1 cm³/mol. The van der Waals surface area contributed by atoms with Crippen LogP contribution in [0.3, 0.4) is 0 Å². The second-order valence-corrected chi connectivity index (χ2v) is 5.19. The van der Waals surface area contributed by atoms with Gasteiger partial charge in [-0.05, 0) is 29.8 Å². The largest absolute Gasteiger partial charge is 0.493 e. The van der Waals surface area contributed by atoms with Crippen LogP contribution in [0.4, 0.5) is 5.69 Å². The monoisotopic (exact) mass is 367 g/mol. The van der Waals surface area contributed by atoms with Gasteiger partial charge in [-0.25, -0.2) is 9.47 Å². The van der Waals surface area contributed by atoms with Crippen molar-refractivity contribution >= 4 is 17.9 Å². The number of esters is 1. The van der Waals surface area contributed by atoms with Crippen LogP contribution in [0.25, 0.3) is 0 Å². The van der Waals surface area contributed by atoms with Gasteiger partial charge in [-0.15, -0.1) is 10.2 Å². The van der Waals surface area contributed by atoms with E-state index in [2.05, 4.69) is 15.3 Å². The van der Waals surface area contributed by atoms with Crippen molar-refractivity contribution in [1.29, 1.82) is 0 Å². The highest BCUT2D eigenvalue weighted by molar-refractivity contribution is 5.92.